The van der Waals surface area contributed by atoms with Gasteiger partial charge < -0.3 is 20.2 Å². The molecule has 0 fully saturated rings. The molecule has 1 atom stereocenters. The lowest BCUT2D eigenvalue weighted by Crippen LogP contribution is -2.48. The molecule has 1 amide bonds. The maximum atomic E-state index is 13.0. The fourth-order valence-electron chi connectivity index (χ4n) is 4.38. The van der Waals surface area contributed by atoms with Crippen LogP contribution in [0.3, 0.4) is 0 Å². The third kappa shape index (κ3) is 4.64. The fraction of sp³-hybridized carbons (Fsp3) is 0.400. The van der Waals surface area contributed by atoms with E-state index in [1.165, 1.54) is 5.56 Å². The second-order valence-electron chi connectivity index (χ2n) is 9.07. The van der Waals surface area contributed by atoms with E-state index in [2.05, 4.69) is 29.1 Å². The zero-order chi connectivity index (χ0) is 23.6. The number of likely N-dealkylation sites (N-methyl/N-ethyl adjacent to an activating group) is 1. The first kappa shape index (κ1) is 23.4. The Bertz CT molecular complexity index is 1160. The van der Waals surface area contributed by atoms with Crippen LogP contribution < -0.4 is 5.32 Å². The van der Waals surface area contributed by atoms with Crippen molar-refractivity contribution in [3.05, 3.63) is 64.8 Å². The largest absolute Gasteiger partial charge is 0.394 e. The number of aromatic nitrogens is 2. The Kier molecular flexibility index (Phi) is 6.78. The van der Waals surface area contributed by atoms with Gasteiger partial charge in [-0.25, -0.2) is 9.97 Å². The molecule has 3 aromatic rings. The molecule has 0 aliphatic carbocycles. The number of aliphatic hydroxyl groups is 1. The minimum Gasteiger partial charge on any atom is -0.394 e. The van der Waals surface area contributed by atoms with Gasteiger partial charge in [-0.1, -0.05) is 36.4 Å². The second kappa shape index (κ2) is 9.59. The maximum absolute atomic E-state index is 13.0. The molecule has 4 rings (SSSR count). The third-order valence-corrected chi connectivity index (χ3v) is 7.55. The summed E-state index contributed by atoms with van der Waals surface area (Å²) in [5.74, 6) is 0.751. The zero-order valence-corrected chi connectivity index (χ0v) is 20.4. The molecule has 2 aromatic heterocycles. The van der Waals surface area contributed by atoms with E-state index in [1.54, 1.807) is 23.7 Å². The molecule has 3 heterocycles. The smallest absolute Gasteiger partial charge is 0.247 e. The number of hydrogen-bond donors (Lipinski definition) is 2. The van der Waals surface area contributed by atoms with E-state index in [9.17, 15) is 9.90 Å². The predicted molar refractivity (Wildman–Crippen MR) is 133 cm³/mol. The van der Waals surface area contributed by atoms with E-state index >= 15 is 0 Å². The Balaban J connectivity index is 1.68. The van der Waals surface area contributed by atoms with Crippen molar-refractivity contribution in [3.8, 4) is 0 Å². The number of amides is 1. The van der Waals surface area contributed by atoms with Gasteiger partial charge in [0.1, 0.15) is 17.0 Å². The Morgan fingerprint density at radius 3 is 2.76 bits per heavy atom. The summed E-state index contributed by atoms with van der Waals surface area (Å²) in [5, 5.41) is 14.5. The van der Waals surface area contributed by atoms with Crippen molar-refractivity contribution in [3.63, 3.8) is 0 Å². The van der Waals surface area contributed by atoms with Gasteiger partial charge in [-0.05, 0) is 45.5 Å². The van der Waals surface area contributed by atoms with Crippen molar-refractivity contribution in [2.24, 2.45) is 0 Å². The first-order valence-electron chi connectivity index (χ1n) is 11.1. The summed E-state index contributed by atoms with van der Waals surface area (Å²) in [6, 6.07) is 9.60. The van der Waals surface area contributed by atoms with Crippen molar-refractivity contribution >= 4 is 33.3 Å². The highest BCUT2D eigenvalue weighted by Gasteiger charge is 2.40. The maximum Gasteiger partial charge on any atom is 0.247 e. The summed E-state index contributed by atoms with van der Waals surface area (Å²) in [7, 11) is 3.96. The number of fused-ring (bicyclic) bond motifs is 3. The second-order valence-corrected chi connectivity index (χ2v) is 10.1. The van der Waals surface area contributed by atoms with Crippen molar-refractivity contribution in [1.82, 2.24) is 19.8 Å². The van der Waals surface area contributed by atoms with Gasteiger partial charge in [-0.15, -0.1) is 11.3 Å². The summed E-state index contributed by atoms with van der Waals surface area (Å²) in [6.45, 7) is 5.51. The number of carbonyl (C=O) groups excluding carboxylic acids is 1. The van der Waals surface area contributed by atoms with Crippen LogP contribution in [0.4, 0.5) is 5.82 Å². The molecule has 1 aromatic carbocycles. The average molecular weight is 466 g/mol. The molecule has 7 nitrogen and oxygen atoms in total. The number of nitrogens with one attached hydrogen (secondary N) is 1. The van der Waals surface area contributed by atoms with Gasteiger partial charge in [-0.2, -0.15) is 0 Å². The van der Waals surface area contributed by atoms with Crippen LogP contribution in [0.5, 0.6) is 0 Å². The summed E-state index contributed by atoms with van der Waals surface area (Å²) in [4.78, 5) is 28.1. The highest BCUT2D eigenvalue weighted by Crippen LogP contribution is 2.45. The Morgan fingerprint density at radius 1 is 1.30 bits per heavy atom. The Labute approximate surface area is 198 Å². The van der Waals surface area contributed by atoms with E-state index in [4.69, 9.17) is 0 Å². The summed E-state index contributed by atoms with van der Waals surface area (Å²) < 4.78 is 0. The van der Waals surface area contributed by atoms with Gasteiger partial charge >= 0.3 is 0 Å². The van der Waals surface area contributed by atoms with Gasteiger partial charge in [0.2, 0.25) is 5.91 Å². The van der Waals surface area contributed by atoms with E-state index in [0.717, 1.165) is 39.4 Å². The van der Waals surface area contributed by atoms with Crippen LogP contribution >= 0.6 is 11.3 Å². The zero-order valence-electron chi connectivity index (χ0n) is 19.6. The SMILES string of the molecule is CN(C)CC=CC(=O)N1CCc2c(sc3ncnc(NC(CO)c4ccccc4)c23)C1(C)C. The topological polar surface area (TPSA) is 81.6 Å². The highest BCUT2D eigenvalue weighted by atomic mass is 32.1. The quantitative estimate of drug-likeness (QED) is 0.519. The van der Waals surface area contributed by atoms with Crippen LogP contribution in [0, 0.1) is 0 Å². The number of nitrogens with zero attached hydrogens (tertiary/aromatic N) is 4. The molecular weight excluding hydrogens is 434 g/mol. The highest BCUT2D eigenvalue weighted by molar-refractivity contribution is 7.19. The van der Waals surface area contributed by atoms with Gasteiger partial charge in [0, 0.05) is 24.0 Å². The molecule has 0 spiro atoms. The van der Waals surface area contributed by atoms with E-state index < -0.39 is 5.54 Å². The summed E-state index contributed by atoms with van der Waals surface area (Å²) in [5.41, 5.74) is 1.73. The van der Waals surface area contributed by atoms with E-state index in [1.807, 2.05) is 60.3 Å². The standard InChI is InChI=1S/C25H31N5O2S/c1-25(2)22-18(12-14-30(25)20(32)11-8-13-29(3)4)21-23(26-16-27-24(21)33-22)28-19(15-31)17-9-6-5-7-10-17/h5-11,16,19,31H,12-15H2,1-4H3,(H,26,27,28). The number of rotatable bonds is 7. The number of anilines is 1. The summed E-state index contributed by atoms with van der Waals surface area (Å²) >= 11 is 1.62. The third-order valence-electron chi connectivity index (χ3n) is 6.10. The molecule has 1 unspecified atom stereocenters. The molecule has 0 bridgehead atoms. The minimum absolute atomic E-state index is 0.0267. The first-order chi connectivity index (χ1) is 15.8. The number of aliphatic hydroxyl groups excluding tert-OH is 1. The number of benzene rings is 1. The van der Waals surface area contributed by atoms with Crippen molar-refractivity contribution in [2.45, 2.75) is 31.8 Å². The van der Waals surface area contributed by atoms with Crippen LogP contribution in [0.25, 0.3) is 10.2 Å². The van der Waals surface area contributed by atoms with Crippen molar-refractivity contribution in [1.29, 1.82) is 0 Å². The molecule has 0 radical (unpaired) electrons. The number of carbonyl (C=O) groups is 1. The van der Waals surface area contributed by atoms with Crippen LogP contribution in [0.2, 0.25) is 0 Å². The minimum atomic E-state index is -0.453. The first-order valence-corrected chi connectivity index (χ1v) is 12.0. The molecule has 174 valence electrons. The van der Waals surface area contributed by atoms with Gasteiger partial charge in [0.15, 0.2) is 0 Å². The van der Waals surface area contributed by atoms with E-state index in [0.29, 0.717) is 6.54 Å². The molecule has 2 N–H and O–H groups in total. The molecule has 33 heavy (non-hydrogen) atoms. The normalized spacial score (nSPS) is 16.4. The summed E-state index contributed by atoms with van der Waals surface area (Å²) in [6.07, 6.45) is 5.89. The lowest BCUT2D eigenvalue weighted by Gasteiger charge is -2.41. The lowest BCUT2D eigenvalue weighted by atomic mass is 9.89. The lowest BCUT2D eigenvalue weighted by molar-refractivity contribution is -0.131. The van der Waals surface area contributed by atoms with Crippen molar-refractivity contribution in [2.75, 3.05) is 39.1 Å². The van der Waals surface area contributed by atoms with Crippen LogP contribution in [0.1, 0.15) is 35.9 Å². The van der Waals surface area contributed by atoms with Gasteiger partial charge in [-0.3, -0.25) is 4.79 Å². The molecule has 8 heteroatoms. The van der Waals surface area contributed by atoms with Crippen LogP contribution in [-0.2, 0) is 16.8 Å². The van der Waals surface area contributed by atoms with Crippen molar-refractivity contribution < 1.29 is 9.90 Å². The van der Waals surface area contributed by atoms with Gasteiger partial charge in [0.25, 0.3) is 0 Å². The predicted octanol–water partition coefficient (Wildman–Crippen LogP) is 3.57. The molecular formula is C25H31N5O2S. The fourth-order valence-corrected chi connectivity index (χ4v) is 5.69. The number of thiophene rings is 1. The van der Waals surface area contributed by atoms with Crippen LogP contribution in [-0.4, -0.2) is 64.6 Å². The van der Waals surface area contributed by atoms with Crippen LogP contribution in [0.15, 0.2) is 48.8 Å². The Hall–Kier alpha value is -2.81. The molecule has 1 aliphatic heterocycles. The average Bonchev–Trinajstić information content (AvgIpc) is 3.19. The molecule has 1 aliphatic rings. The molecule has 0 saturated carbocycles. The van der Waals surface area contributed by atoms with Gasteiger partial charge in [0.05, 0.1) is 23.6 Å². The number of hydrogen-bond acceptors (Lipinski definition) is 7. The Morgan fingerprint density at radius 2 is 2.06 bits per heavy atom. The monoisotopic (exact) mass is 465 g/mol. The molecule has 0 saturated heterocycles. The van der Waals surface area contributed by atoms with E-state index in [-0.39, 0.29) is 18.6 Å².